The second-order valence-electron chi connectivity index (χ2n) is 7.49. The first-order valence-corrected chi connectivity index (χ1v) is 8.75. The van der Waals surface area contributed by atoms with Crippen LogP contribution in [0.15, 0.2) is 24.5 Å². The minimum absolute atomic E-state index is 0.0163. The van der Waals surface area contributed by atoms with Crippen molar-refractivity contribution < 1.29 is 13.2 Å². The summed E-state index contributed by atoms with van der Waals surface area (Å²) < 4.78 is 42.5. The molecule has 1 aromatic heterocycles. The zero-order valence-electron chi connectivity index (χ0n) is 14.3. The van der Waals surface area contributed by atoms with Crippen LogP contribution in [0.3, 0.4) is 0 Å². The molecule has 0 fully saturated rings. The van der Waals surface area contributed by atoms with Crippen LogP contribution in [-0.4, -0.2) is 19.9 Å². The van der Waals surface area contributed by atoms with Crippen molar-refractivity contribution in [2.45, 2.75) is 51.9 Å². The summed E-state index contributed by atoms with van der Waals surface area (Å²) in [4.78, 5) is 4.43. The molecule has 23 heavy (non-hydrogen) atoms. The molecule has 0 radical (unpaired) electrons. The molecule has 2 nitrogen and oxygen atoms in total. The maximum Gasteiger partial charge on any atom is 0.161 e. The minimum atomic E-state index is -1.19. The van der Waals surface area contributed by atoms with Gasteiger partial charge in [-0.15, -0.1) is 0 Å². The Balaban J connectivity index is 2.66. The highest BCUT2D eigenvalue weighted by Gasteiger charge is 2.39. The predicted octanol–water partition coefficient (Wildman–Crippen LogP) is 4.99. The maximum absolute atomic E-state index is 14.2. The van der Waals surface area contributed by atoms with Gasteiger partial charge < -0.3 is 0 Å². The number of aromatic nitrogens is 2. The Labute approximate surface area is 136 Å². The molecule has 0 unspecified atom stereocenters. The van der Waals surface area contributed by atoms with E-state index in [1.807, 2.05) is 0 Å². The van der Waals surface area contributed by atoms with Gasteiger partial charge in [-0.2, -0.15) is 0 Å². The molecule has 6 heteroatoms. The summed E-state index contributed by atoms with van der Waals surface area (Å²) in [5.41, 5.74) is 0.683. The van der Waals surface area contributed by atoms with Gasteiger partial charge >= 0.3 is 0 Å². The smallest absolute Gasteiger partial charge is 0.161 e. The van der Waals surface area contributed by atoms with Crippen molar-refractivity contribution in [3.63, 3.8) is 0 Å². The molecule has 0 aliphatic heterocycles. The quantitative estimate of drug-likeness (QED) is 0.555. The lowest BCUT2D eigenvalue weighted by Crippen LogP contribution is -2.35. The van der Waals surface area contributed by atoms with Crippen LogP contribution in [0.1, 0.15) is 41.5 Å². The van der Waals surface area contributed by atoms with E-state index in [0.29, 0.717) is 11.6 Å². The van der Waals surface area contributed by atoms with Crippen molar-refractivity contribution in [2.75, 3.05) is 0 Å². The highest BCUT2D eigenvalue weighted by Crippen LogP contribution is 2.57. The summed E-state index contributed by atoms with van der Waals surface area (Å²) in [5, 5.41) is -0.155. The van der Waals surface area contributed by atoms with Crippen molar-refractivity contribution in [3.8, 4) is 5.69 Å². The third-order valence-corrected chi connectivity index (χ3v) is 6.83. The van der Waals surface area contributed by atoms with E-state index in [9.17, 15) is 13.2 Å². The van der Waals surface area contributed by atoms with Gasteiger partial charge in [0.05, 0.1) is 5.69 Å². The molecule has 0 aliphatic carbocycles. The fourth-order valence-corrected chi connectivity index (χ4v) is 6.74. The third-order valence-electron chi connectivity index (χ3n) is 3.41. The molecule has 0 atom stereocenters. The van der Waals surface area contributed by atoms with Gasteiger partial charge in [0.25, 0.3) is 0 Å². The summed E-state index contributed by atoms with van der Waals surface area (Å²) in [6, 6.07) is 1.46. The molecule has 0 bridgehead atoms. The Bertz CT molecular complexity index is 698. The number of hydrogen-bond donors (Lipinski definition) is 0. The van der Waals surface area contributed by atoms with Crippen LogP contribution in [0.5, 0.6) is 0 Å². The molecule has 0 saturated heterocycles. The van der Waals surface area contributed by atoms with E-state index in [1.54, 1.807) is 17.0 Å². The second kappa shape index (κ2) is 5.94. The molecule has 0 N–H and O–H groups in total. The van der Waals surface area contributed by atoms with Crippen LogP contribution in [0.4, 0.5) is 13.2 Å². The SMILES string of the molecule is CC(C)(C)P(c1nccn1-c1cc(F)c(F)cc1F)C(C)(C)C. The lowest BCUT2D eigenvalue weighted by Gasteiger charge is -2.40. The highest BCUT2D eigenvalue weighted by atomic mass is 31.1. The van der Waals surface area contributed by atoms with Crippen LogP contribution in [0, 0.1) is 17.5 Å². The second-order valence-corrected chi connectivity index (χ2v) is 11.2. The Kier molecular flexibility index (Phi) is 4.64. The highest BCUT2D eigenvalue weighted by molar-refractivity contribution is 7.68. The molecule has 126 valence electrons. The zero-order chi connectivity index (χ0) is 17.6. The van der Waals surface area contributed by atoms with E-state index in [0.717, 1.165) is 6.07 Å². The van der Waals surface area contributed by atoms with Crippen LogP contribution in [-0.2, 0) is 0 Å². The number of hydrogen-bond acceptors (Lipinski definition) is 1. The number of halogens is 3. The predicted molar refractivity (Wildman–Crippen MR) is 89.5 cm³/mol. The summed E-state index contributed by atoms with van der Waals surface area (Å²) >= 11 is 0. The average Bonchev–Trinajstić information content (AvgIpc) is 2.78. The molecule has 0 spiro atoms. The van der Waals surface area contributed by atoms with Gasteiger partial charge in [0.15, 0.2) is 11.6 Å². The van der Waals surface area contributed by atoms with Crippen molar-refractivity contribution in [3.05, 3.63) is 42.0 Å². The zero-order valence-corrected chi connectivity index (χ0v) is 15.2. The standard InChI is InChI=1S/C17H22F3N2P/c1-16(2,3)23(17(4,5)6)15-21-7-8-22(15)14-10-12(19)11(18)9-13(14)20/h7-10H,1-6H3. The van der Waals surface area contributed by atoms with E-state index < -0.39 is 25.4 Å². The van der Waals surface area contributed by atoms with Crippen LogP contribution >= 0.6 is 7.92 Å². The maximum atomic E-state index is 14.2. The van der Waals surface area contributed by atoms with Crippen molar-refractivity contribution in [1.82, 2.24) is 9.55 Å². The van der Waals surface area contributed by atoms with Crippen LogP contribution < -0.4 is 5.57 Å². The summed E-state index contributed by atoms with van der Waals surface area (Å²) in [6.07, 6.45) is 3.17. The Hall–Kier alpha value is -1.35. The number of imidazole rings is 1. The largest absolute Gasteiger partial charge is 0.297 e. The summed E-state index contributed by atoms with van der Waals surface area (Å²) in [5.74, 6) is -3.07. The molecule has 0 amide bonds. The Morgan fingerprint density at radius 1 is 0.870 bits per heavy atom. The Morgan fingerprint density at radius 2 is 1.39 bits per heavy atom. The van der Waals surface area contributed by atoms with Gasteiger partial charge in [0, 0.05) is 24.5 Å². The lowest BCUT2D eigenvalue weighted by atomic mass is 10.2. The summed E-state index contributed by atoms with van der Waals surface area (Å²) in [7, 11) is -0.806. The van der Waals surface area contributed by atoms with Gasteiger partial charge in [-0.3, -0.25) is 4.57 Å². The first-order chi connectivity index (χ1) is 10.4. The monoisotopic (exact) mass is 342 g/mol. The molecule has 2 rings (SSSR count). The summed E-state index contributed by atoms with van der Waals surface area (Å²) in [6.45, 7) is 12.7. The van der Waals surface area contributed by atoms with Crippen LogP contribution in [0.2, 0.25) is 0 Å². The molecule has 1 aromatic carbocycles. The van der Waals surface area contributed by atoms with E-state index in [2.05, 4.69) is 46.5 Å². The molecule has 0 saturated carbocycles. The number of nitrogens with zero attached hydrogens (tertiary/aromatic N) is 2. The molecule has 1 heterocycles. The van der Waals surface area contributed by atoms with Gasteiger partial charge in [0.1, 0.15) is 11.4 Å². The van der Waals surface area contributed by atoms with E-state index in [-0.39, 0.29) is 16.0 Å². The van der Waals surface area contributed by atoms with Gasteiger partial charge in [-0.25, -0.2) is 18.2 Å². The van der Waals surface area contributed by atoms with E-state index in [4.69, 9.17) is 0 Å². The molecular weight excluding hydrogens is 320 g/mol. The number of rotatable bonds is 2. The first-order valence-electron chi connectivity index (χ1n) is 7.41. The fraction of sp³-hybridized carbons (Fsp3) is 0.471. The van der Waals surface area contributed by atoms with E-state index >= 15 is 0 Å². The lowest BCUT2D eigenvalue weighted by molar-refractivity contribution is 0.493. The normalized spacial score (nSPS) is 13.0. The number of benzene rings is 1. The average molecular weight is 342 g/mol. The van der Waals surface area contributed by atoms with Crippen molar-refractivity contribution >= 4 is 13.5 Å². The third kappa shape index (κ3) is 3.60. The van der Waals surface area contributed by atoms with Crippen LogP contribution in [0.25, 0.3) is 5.69 Å². The minimum Gasteiger partial charge on any atom is -0.297 e. The van der Waals surface area contributed by atoms with Gasteiger partial charge in [-0.1, -0.05) is 41.5 Å². The Morgan fingerprint density at radius 3 is 1.91 bits per heavy atom. The molecule has 0 aliphatic rings. The van der Waals surface area contributed by atoms with Gasteiger partial charge in [-0.05, 0) is 18.2 Å². The van der Waals surface area contributed by atoms with Crippen molar-refractivity contribution in [1.29, 1.82) is 0 Å². The first kappa shape index (κ1) is 18.0. The topological polar surface area (TPSA) is 17.8 Å². The fourth-order valence-electron chi connectivity index (χ4n) is 2.95. The van der Waals surface area contributed by atoms with Crippen molar-refractivity contribution in [2.24, 2.45) is 0 Å². The molecule has 2 aromatic rings. The molecular formula is C17H22F3N2P. The van der Waals surface area contributed by atoms with E-state index in [1.165, 1.54) is 0 Å². The van der Waals surface area contributed by atoms with Gasteiger partial charge in [0.2, 0.25) is 0 Å².